The predicted molar refractivity (Wildman–Crippen MR) is 75.7 cm³/mol. The molecule has 0 aliphatic heterocycles. The molecule has 19 heavy (non-hydrogen) atoms. The summed E-state index contributed by atoms with van der Waals surface area (Å²) in [5, 5.41) is 26.5. The SMILES string of the molecule is Cc1cc(N)ccc1O.Nc1ccc(O)cc1CO. The lowest BCUT2D eigenvalue weighted by molar-refractivity contribution is 0.282. The molecule has 0 unspecified atom stereocenters. The van der Waals surface area contributed by atoms with Gasteiger partial charge in [0.15, 0.2) is 0 Å². The molecule has 0 aromatic heterocycles. The first-order valence-corrected chi connectivity index (χ1v) is 5.67. The highest BCUT2D eigenvalue weighted by Crippen LogP contribution is 2.18. The molecule has 0 atom stereocenters. The van der Waals surface area contributed by atoms with Gasteiger partial charge < -0.3 is 26.8 Å². The highest BCUT2D eigenvalue weighted by Gasteiger charge is 1.96. The molecule has 2 aromatic rings. The molecular weight excluding hydrogens is 244 g/mol. The smallest absolute Gasteiger partial charge is 0.118 e. The summed E-state index contributed by atoms with van der Waals surface area (Å²) in [7, 11) is 0. The van der Waals surface area contributed by atoms with Crippen molar-refractivity contribution in [2.75, 3.05) is 11.5 Å². The average Bonchev–Trinajstić information content (AvgIpc) is 2.38. The normalized spacial score (nSPS) is 9.58. The highest BCUT2D eigenvalue weighted by atomic mass is 16.3. The van der Waals surface area contributed by atoms with Crippen LogP contribution in [0.25, 0.3) is 0 Å². The van der Waals surface area contributed by atoms with Crippen LogP contribution in [0.15, 0.2) is 36.4 Å². The third-order valence-electron chi connectivity index (χ3n) is 2.52. The maximum atomic E-state index is 8.99. The Bertz CT molecular complexity index is 556. The summed E-state index contributed by atoms with van der Waals surface area (Å²) >= 11 is 0. The Morgan fingerprint density at radius 3 is 2.16 bits per heavy atom. The van der Waals surface area contributed by atoms with E-state index < -0.39 is 0 Å². The Morgan fingerprint density at radius 2 is 1.68 bits per heavy atom. The van der Waals surface area contributed by atoms with Crippen LogP contribution < -0.4 is 11.5 Å². The van der Waals surface area contributed by atoms with Crippen molar-refractivity contribution in [3.63, 3.8) is 0 Å². The van der Waals surface area contributed by atoms with Crippen LogP contribution in [-0.2, 0) is 6.61 Å². The van der Waals surface area contributed by atoms with Crippen molar-refractivity contribution in [3.8, 4) is 11.5 Å². The van der Waals surface area contributed by atoms with E-state index in [4.69, 9.17) is 26.8 Å². The first-order chi connectivity index (χ1) is 8.93. The van der Waals surface area contributed by atoms with Crippen LogP contribution in [0.5, 0.6) is 11.5 Å². The lowest BCUT2D eigenvalue weighted by Gasteiger charge is -2.00. The topological polar surface area (TPSA) is 113 Å². The van der Waals surface area contributed by atoms with Gasteiger partial charge in [0.25, 0.3) is 0 Å². The van der Waals surface area contributed by atoms with Crippen molar-refractivity contribution >= 4 is 11.4 Å². The molecule has 102 valence electrons. The number of rotatable bonds is 1. The Balaban J connectivity index is 0.000000191. The summed E-state index contributed by atoms with van der Waals surface area (Å²) in [6, 6.07) is 9.47. The summed E-state index contributed by atoms with van der Waals surface area (Å²) in [6.45, 7) is 1.67. The second kappa shape index (κ2) is 6.51. The fourth-order valence-corrected chi connectivity index (χ4v) is 1.41. The minimum atomic E-state index is -0.139. The Morgan fingerprint density at radius 1 is 1.00 bits per heavy atom. The van der Waals surface area contributed by atoms with Crippen LogP contribution in [-0.4, -0.2) is 15.3 Å². The molecule has 0 radical (unpaired) electrons. The van der Waals surface area contributed by atoms with Crippen LogP contribution >= 0.6 is 0 Å². The molecule has 0 heterocycles. The summed E-state index contributed by atoms with van der Waals surface area (Å²) in [4.78, 5) is 0. The number of aromatic hydroxyl groups is 2. The third kappa shape index (κ3) is 4.40. The van der Waals surface area contributed by atoms with Crippen LogP contribution in [0, 0.1) is 6.92 Å². The number of aliphatic hydroxyl groups is 1. The number of aliphatic hydroxyl groups excluding tert-OH is 1. The van der Waals surface area contributed by atoms with E-state index >= 15 is 0 Å². The zero-order valence-corrected chi connectivity index (χ0v) is 10.7. The van der Waals surface area contributed by atoms with Gasteiger partial charge in [0.1, 0.15) is 11.5 Å². The van der Waals surface area contributed by atoms with Gasteiger partial charge in [-0.05, 0) is 48.9 Å². The van der Waals surface area contributed by atoms with Gasteiger partial charge >= 0.3 is 0 Å². The van der Waals surface area contributed by atoms with Crippen molar-refractivity contribution in [2.24, 2.45) is 0 Å². The van der Waals surface area contributed by atoms with E-state index in [-0.39, 0.29) is 12.4 Å². The van der Waals surface area contributed by atoms with Gasteiger partial charge in [-0.25, -0.2) is 0 Å². The maximum absolute atomic E-state index is 8.99. The van der Waals surface area contributed by atoms with Crippen molar-refractivity contribution in [2.45, 2.75) is 13.5 Å². The predicted octanol–water partition coefficient (Wildman–Crippen LogP) is 1.75. The molecular formula is C14H18N2O3. The van der Waals surface area contributed by atoms with Crippen molar-refractivity contribution in [1.29, 1.82) is 0 Å². The number of aryl methyl sites for hydroxylation is 1. The zero-order chi connectivity index (χ0) is 14.4. The van der Waals surface area contributed by atoms with Gasteiger partial charge in [-0.15, -0.1) is 0 Å². The summed E-state index contributed by atoms with van der Waals surface area (Å²) in [6.07, 6.45) is 0. The molecule has 0 amide bonds. The standard InChI is InChI=1S/C7H9NO2.C7H9NO/c8-7-2-1-6(10)3-5(7)4-9;1-5-4-6(8)2-3-7(5)9/h1-3,9-10H,4,8H2;2-4,9H,8H2,1H3. The van der Waals surface area contributed by atoms with E-state index in [0.717, 1.165) is 5.56 Å². The number of nitrogen functional groups attached to an aromatic ring is 2. The number of hydrogen-bond donors (Lipinski definition) is 5. The van der Waals surface area contributed by atoms with Gasteiger partial charge in [0.05, 0.1) is 6.61 Å². The second-order valence-corrected chi connectivity index (χ2v) is 4.09. The van der Waals surface area contributed by atoms with Gasteiger partial charge in [-0.3, -0.25) is 0 Å². The van der Waals surface area contributed by atoms with Crippen LogP contribution in [0.2, 0.25) is 0 Å². The largest absolute Gasteiger partial charge is 0.508 e. The van der Waals surface area contributed by atoms with Crippen LogP contribution in [0.4, 0.5) is 11.4 Å². The van der Waals surface area contributed by atoms with Crippen LogP contribution in [0.3, 0.4) is 0 Å². The van der Waals surface area contributed by atoms with Gasteiger partial charge in [-0.1, -0.05) is 0 Å². The zero-order valence-electron chi connectivity index (χ0n) is 10.7. The molecule has 7 N–H and O–H groups in total. The summed E-state index contributed by atoms with van der Waals surface area (Å²) in [5.41, 5.74) is 13.4. The Hall–Kier alpha value is -2.40. The van der Waals surface area contributed by atoms with E-state index in [1.54, 1.807) is 24.3 Å². The Labute approximate surface area is 111 Å². The van der Waals surface area contributed by atoms with Crippen molar-refractivity contribution in [3.05, 3.63) is 47.5 Å². The lowest BCUT2D eigenvalue weighted by Crippen LogP contribution is -1.92. The number of hydrogen-bond acceptors (Lipinski definition) is 5. The second-order valence-electron chi connectivity index (χ2n) is 4.09. The third-order valence-corrected chi connectivity index (χ3v) is 2.52. The molecule has 0 bridgehead atoms. The van der Waals surface area contributed by atoms with E-state index in [1.165, 1.54) is 12.1 Å². The summed E-state index contributed by atoms with van der Waals surface area (Å²) < 4.78 is 0. The monoisotopic (exact) mass is 262 g/mol. The molecule has 0 fully saturated rings. The number of benzene rings is 2. The first kappa shape index (κ1) is 14.7. The molecule has 0 spiro atoms. The fraction of sp³-hybridized carbons (Fsp3) is 0.143. The van der Waals surface area contributed by atoms with E-state index in [1.807, 2.05) is 6.92 Å². The quantitative estimate of drug-likeness (QED) is 0.397. The minimum absolute atomic E-state index is 0.123. The fourth-order valence-electron chi connectivity index (χ4n) is 1.41. The number of nitrogens with two attached hydrogens (primary N) is 2. The van der Waals surface area contributed by atoms with Gasteiger partial charge in [0, 0.05) is 16.9 Å². The lowest BCUT2D eigenvalue weighted by atomic mass is 10.2. The molecule has 5 nitrogen and oxygen atoms in total. The van der Waals surface area contributed by atoms with E-state index in [9.17, 15) is 0 Å². The molecule has 0 saturated carbocycles. The number of phenols is 2. The van der Waals surface area contributed by atoms with Crippen molar-refractivity contribution < 1.29 is 15.3 Å². The first-order valence-electron chi connectivity index (χ1n) is 5.67. The number of phenolic OH excluding ortho intramolecular Hbond substituents is 2. The van der Waals surface area contributed by atoms with Gasteiger partial charge in [0.2, 0.25) is 0 Å². The van der Waals surface area contributed by atoms with E-state index in [2.05, 4.69) is 0 Å². The number of anilines is 2. The van der Waals surface area contributed by atoms with Gasteiger partial charge in [-0.2, -0.15) is 0 Å². The molecule has 2 aromatic carbocycles. The maximum Gasteiger partial charge on any atom is 0.118 e. The minimum Gasteiger partial charge on any atom is -0.508 e. The molecule has 0 aliphatic carbocycles. The average molecular weight is 262 g/mol. The molecule has 2 rings (SSSR count). The molecule has 5 heteroatoms. The Kier molecular flexibility index (Phi) is 5.02. The summed E-state index contributed by atoms with van der Waals surface area (Å²) in [5.74, 6) is 0.419. The molecule has 0 aliphatic rings. The highest BCUT2D eigenvalue weighted by molar-refractivity contribution is 5.49. The van der Waals surface area contributed by atoms with E-state index in [0.29, 0.717) is 22.7 Å². The van der Waals surface area contributed by atoms with Crippen LogP contribution in [0.1, 0.15) is 11.1 Å². The van der Waals surface area contributed by atoms with Crippen molar-refractivity contribution in [1.82, 2.24) is 0 Å². The molecule has 0 saturated heterocycles.